The molecule has 0 aromatic carbocycles. The number of aryl methyl sites for hydroxylation is 1. The molecular formula is C9H8ClF2NO2. The zero-order chi connectivity index (χ0) is 11.6. The predicted octanol–water partition coefficient (Wildman–Crippen LogP) is 2.31. The van der Waals surface area contributed by atoms with Gasteiger partial charge in [-0.05, 0) is 18.1 Å². The first-order chi connectivity index (χ1) is 6.83. The largest absolute Gasteiger partial charge is 0.477 e. The smallest absolute Gasteiger partial charge is 0.374 e. The summed E-state index contributed by atoms with van der Waals surface area (Å²) in [6, 6.07) is 1.40. The average molecular weight is 236 g/mol. The standard InChI is InChI=1S/C9H8ClF2NO2/c1-5-2-6(4-13-7(5)10)3-9(11,12)8(14)15/h2,4H,3H2,1H3,(H,14,15). The molecule has 0 saturated heterocycles. The lowest BCUT2D eigenvalue weighted by molar-refractivity contribution is -0.164. The highest BCUT2D eigenvalue weighted by Gasteiger charge is 2.38. The highest BCUT2D eigenvalue weighted by molar-refractivity contribution is 6.30. The lowest BCUT2D eigenvalue weighted by atomic mass is 10.1. The van der Waals surface area contributed by atoms with Gasteiger partial charge in [0.25, 0.3) is 0 Å². The van der Waals surface area contributed by atoms with Gasteiger partial charge in [0, 0.05) is 12.6 Å². The zero-order valence-corrected chi connectivity index (χ0v) is 8.55. The molecule has 0 unspecified atom stereocenters. The van der Waals surface area contributed by atoms with E-state index in [9.17, 15) is 13.6 Å². The Kier molecular flexibility index (Phi) is 3.24. The van der Waals surface area contributed by atoms with Crippen LogP contribution in [-0.4, -0.2) is 22.0 Å². The van der Waals surface area contributed by atoms with Crippen molar-refractivity contribution >= 4 is 17.6 Å². The SMILES string of the molecule is Cc1cc(CC(F)(F)C(=O)O)cnc1Cl. The minimum Gasteiger partial charge on any atom is -0.477 e. The number of nitrogens with zero attached hydrogens (tertiary/aromatic N) is 1. The molecule has 0 aliphatic rings. The van der Waals surface area contributed by atoms with Crippen LogP contribution < -0.4 is 0 Å². The van der Waals surface area contributed by atoms with E-state index in [2.05, 4.69) is 4.98 Å². The molecule has 0 fully saturated rings. The topological polar surface area (TPSA) is 50.2 Å². The van der Waals surface area contributed by atoms with Crippen LogP contribution in [-0.2, 0) is 11.2 Å². The van der Waals surface area contributed by atoms with Crippen LogP contribution in [0.25, 0.3) is 0 Å². The fourth-order valence-electron chi connectivity index (χ4n) is 1.04. The quantitative estimate of drug-likeness (QED) is 0.818. The molecule has 1 N–H and O–H groups in total. The Labute approximate surface area is 89.7 Å². The van der Waals surface area contributed by atoms with E-state index in [1.165, 1.54) is 6.07 Å². The number of hydrogen-bond acceptors (Lipinski definition) is 2. The molecule has 0 aliphatic heterocycles. The first-order valence-electron chi connectivity index (χ1n) is 4.05. The van der Waals surface area contributed by atoms with Crippen LogP contribution >= 0.6 is 11.6 Å². The van der Waals surface area contributed by atoms with Crippen molar-refractivity contribution < 1.29 is 18.7 Å². The van der Waals surface area contributed by atoms with Crippen LogP contribution in [0.4, 0.5) is 8.78 Å². The van der Waals surface area contributed by atoms with Gasteiger partial charge in [0.05, 0.1) is 0 Å². The van der Waals surface area contributed by atoms with Crippen molar-refractivity contribution in [3.63, 3.8) is 0 Å². The summed E-state index contributed by atoms with van der Waals surface area (Å²) >= 11 is 5.60. The van der Waals surface area contributed by atoms with Gasteiger partial charge < -0.3 is 5.11 Å². The fourth-order valence-corrected chi connectivity index (χ4v) is 1.15. The van der Waals surface area contributed by atoms with Crippen LogP contribution in [0.2, 0.25) is 5.15 Å². The van der Waals surface area contributed by atoms with Crippen molar-refractivity contribution in [3.05, 3.63) is 28.5 Å². The molecule has 0 radical (unpaired) electrons. The molecule has 1 heterocycles. The second kappa shape index (κ2) is 4.10. The molecule has 0 amide bonds. The molecule has 15 heavy (non-hydrogen) atoms. The third-order valence-corrected chi connectivity index (χ3v) is 2.21. The van der Waals surface area contributed by atoms with E-state index in [1.54, 1.807) is 6.92 Å². The Balaban J connectivity index is 2.91. The molecule has 82 valence electrons. The molecule has 0 atom stereocenters. The van der Waals surface area contributed by atoms with Crippen molar-refractivity contribution in [2.24, 2.45) is 0 Å². The second-order valence-corrected chi connectivity index (χ2v) is 3.50. The van der Waals surface area contributed by atoms with E-state index in [4.69, 9.17) is 16.7 Å². The van der Waals surface area contributed by atoms with Gasteiger partial charge in [0.2, 0.25) is 0 Å². The molecule has 0 spiro atoms. The van der Waals surface area contributed by atoms with E-state index >= 15 is 0 Å². The molecule has 1 aromatic rings. The lowest BCUT2D eigenvalue weighted by Gasteiger charge is -2.11. The maximum Gasteiger partial charge on any atom is 0.374 e. The molecule has 0 saturated carbocycles. The summed E-state index contributed by atoms with van der Waals surface area (Å²) < 4.78 is 25.6. The van der Waals surface area contributed by atoms with Gasteiger partial charge >= 0.3 is 11.9 Å². The van der Waals surface area contributed by atoms with Crippen LogP contribution in [0.1, 0.15) is 11.1 Å². The number of hydrogen-bond donors (Lipinski definition) is 1. The van der Waals surface area contributed by atoms with E-state index in [1.807, 2.05) is 0 Å². The Bertz CT molecular complexity index is 396. The number of halogens is 3. The maximum absolute atomic E-state index is 12.8. The minimum atomic E-state index is -3.78. The maximum atomic E-state index is 12.8. The van der Waals surface area contributed by atoms with Crippen LogP contribution in [0.5, 0.6) is 0 Å². The van der Waals surface area contributed by atoms with Crippen LogP contribution in [0.3, 0.4) is 0 Å². The summed E-state index contributed by atoms with van der Waals surface area (Å²) in [6.45, 7) is 1.61. The van der Waals surface area contributed by atoms with E-state index in [0.29, 0.717) is 5.56 Å². The van der Waals surface area contributed by atoms with E-state index in [0.717, 1.165) is 6.20 Å². The zero-order valence-electron chi connectivity index (χ0n) is 7.80. The first-order valence-corrected chi connectivity index (χ1v) is 4.43. The monoisotopic (exact) mass is 235 g/mol. The summed E-state index contributed by atoms with van der Waals surface area (Å²) in [4.78, 5) is 13.8. The number of aliphatic carboxylic acids is 1. The van der Waals surface area contributed by atoms with Gasteiger partial charge in [-0.3, -0.25) is 0 Å². The number of carboxylic acids is 1. The number of carbonyl (C=O) groups is 1. The van der Waals surface area contributed by atoms with Gasteiger partial charge in [-0.1, -0.05) is 17.7 Å². The Morgan fingerprint density at radius 2 is 2.27 bits per heavy atom. The third-order valence-electron chi connectivity index (χ3n) is 1.81. The van der Waals surface area contributed by atoms with Gasteiger partial charge in [-0.25, -0.2) is 9.78 Å². The average Bonchev–Trinajstić information content (AvgIpc) is 2.10. The summed E-state index contributed by atoms with van der Waals surface area (Å²) in [5, 5.41) is 8.45. The summed E-state index contributed by atoms with van der Waals surface area (Å²) in [5.74, 6) is -5.92. The number of rotatable bonds is 3. The second-order valence-electron chi connectivity index (χ2n) is 3.14. The number of aromatic nitrogens is 1. The molecule has 0 bridgehead atoms. The van der Waals surface area contributed by atoms with Gasteiger partial charge in [-0.15, -0.1) is 0 Å². The number of carboxylic acid groups (broad SMARTS) is 1. The highest BCUT2D eigenvalue weighted by atomic mass is 35.5. The molecule has 0 aliphatic carbocycles. The number of alkyl halides is 2. The van der Waals surface area contributed by atoms with Gasteiger partial charge in [0.1, 0.15) is 5.15 Å². The first kappa shape index (κ1) is 11.8. The summed E-state index contributed by atoms with van der Waals surface area (Å²) in [5.41, 5.74) is 0.680. The van der Waals surface area contributed by atoms with Gasteiger partial charge in [0.15, 0.2) is 0 Å². The van der Waals surface area contributed by atoms with Crippen molar-refractivity contribution in [2.75, 3.05) is 0 Å². The van der Waals surface area contributed by atoms with Crippen LogP contribution in [0, 0.1) is 6.92 Å². The Morgan fingerprint density at radius 3 is 2.73 bits per heavy atom. The lowest BCUT2D eigenvalue weighted by Crippen LogP contribution is -2.30. The molecule has 3 nitrogen and oxygen atoms in total. The van der Waals surface area contributed by atoms with Crippen LogP contribution in [0.15, 0.2) is 12.3 Å². The number of pyridine rings is 1. The summed E-state index contributed by atoms with van der Waals surface area (Å²) in [7, 11) is 0. The fraction of sp³-hybridized carbons (Fsp3) is 0.333. The normalized spacial score (nSPS) is 11.5. The minimum absolute atomic E-state index is 0.143. The van der Waals surface area contributed by atoms with Crippen molar-refractivity contribution in [2.45, 2.75) is 19.3 Å². The molecule has 1 aromatic heterocycles. The third kappa shape index (κ3) is 2.86. The van der Waals surface area contributed by atoms with E-state index in [-0.39, 0.29) is 10.7 Å². The molecule has 1 rings (SSSR count). The Hall–Kier alpha value is -1.23. The predicted molar refractivity (Wildman–Crippen MR) is 50.3 cm³/mol. The highest BCUT2D eigenvalue weighted by Crippen LogP contribution is 2.22. The molecule has 6 heteroatoms. The summed E-state index contributed by atoms with van der Waals surface area (Å²) in [6.07, 6.45) is 0.263. The van der Waals surface area contributed by atoms with Crippen molar-refractivity contribution in [3.8, 4) is 0 Å². The molecular weight excluding hydrogens is 228 g/mol. The van der Waals surface area contributed by atoms with Crippen molar-refractivity contribution in [1.29, 1.82) is 0 Å². The van der Waals surface area contributed by atoms with Crippen molar-refractivity contribution in [1.82, 2.24) is 4.98 Å². The van der Waals surface area contributed by atoms with E-state index < -0.39 is 18.3 Å². The Morgan fingerprint density at radius 1 is 1.67 bits per heavy atom. The van der Waals surface area contributed by atoms with Gasteiger partial charge in [-0.2, -0.15) is 8.78 Å².